The van der Waals surface area contributed by atoms with Crippen molar-refractivity contribution in [1.29, 1.82) is 0 Å². The Hall–Kier alpha value is -2.34. The van der Waals surface area contributed by atoms with Crippen molar-refractivity contribution in [2.24, 2.45) is 0 Å². The molecule has 29 heavy (non-hydrogen) atoms. The summed E-state index contributed by atoms with van der Waals surface area (Å²) in [7, 11) is 5.44. The number of hydrogen-bond donors (Lipinski definition) is 0. The SMILES string of the molecule is COCOc1ccc(OCOC)c(/C(=C/C2CCCCN2C)c2ccccc2)c1. The van der Waals surface area contributed by atoms with Crippen molar-refractivity contribution >= 4 is 5.57 Å². The van der Waals surface area contributed by atoms with Gasteiger partial charge in [0, 0.05) is 25.8 Å². The van der Waals surface area contributed by atoms with Crippen molar-refractivity contribution in [1.82, 2.24) is 4.90 Å². The third-order valence-electron chi connectivity index (χ3n) is 5.19. The van der Waals surface area contributed by atoms with Gasteiger partial charge in [0.2, 0.25) is 0 Å². The van der Waals surface area contributed by atoms with Crippen molar-refractivity contribution in [2.45, 2.75) is 25.3 Å². The molecular formula is C24H31NO4. The van der Waals surface area contributed by atoms with E-state index in [1.165, 1.54) is 12.8 Å². The molecule has 0 radical (unpaired) electrons. The van der Waals surface area contributed by atoms with Crippen LogP contribution in [0.4, 0.5) is 0 Å². The average Bonchev–Trinajstić information content (AvgIpc) is 2.76. The van der Waals surface area contributed by atoms with E-state index < -0.39 is 0 Å². The second kappa shape index (κ2) is 11.0. The number of likely N-dealkylation sites (tertiary alicyclic amines) is 1. The number of nitrogens with zero attached hydrogens (tertiary/aromatic N) is 1. The maximum Gasteiger partial charge on any atom is 0.188 e. The van der Waals surface area contributed by atoms with Crippen LogP contribution in [0.3, 0.4) is 0 Å². The van der Waals surface area contributed by atoms with Crippen LogP contribution in [0.2, 0.25) is 0 Å². The topological polar surface area (TPSA) is 40.2 Å². The number of ether oxygens (including phenoxy) is 4. The molecule has 1 fully saturated rings. The van der Waals surface area contributed by atoms with Crippen molar-refractivity contribution in [3.05, 3.63) is 65.7 Å². The van der Waals surface area contributed by atoms with Crippen molar-refractivity contribution in [2.75, 3.05) is 41.4 Å². The van der Waals surface area contributed by atoms with Crippen LogP contribution in [0.5, 0.6) is 11.5 Å². The minimum absolute atomic E-state index is 0.191. The Morgan fingerprint density at radius 1 is 1.00 bits per heavy atom. The summed E-state index contributed by atoms with van der Waals surface area (Å²) in [4.78, 5) is 2.42. The molecule has 1 unspecified atom stereocenters. The molecule has 5 nitrogen and oxygen atoms in total. The van der Waals surface area contributed by atoms with E-state index in [0.717, 1.165) is 41.2 Å². The molecule has 1 aliphatic heterocycles. The van der Waals surface area contributed by atoms with Gasteiger partial charge in [0.15, 0.2) is 13.6 Å². The fourth-order valence-electron chi connectivity index (χ4n) is 3.65. The summed E-state index contributed by atoms with van der Waals surface area (Å²) < 4.78 is 21.8. The molecule has 0 amide bonds. The normalized spacial score (nSPS) is 17.9. The minimum atomic E-state index is 0.191. The second-order valence-electron chi connectivity index (χ2n) is 7.25. The molecule has 0 bridgehead atoms. The van der Waals surface area contributed by atoms with E-state index in [4.69, 9.17) is 18.9 Å². The molecule has 2 aromatic rings. The number of hydrogen-bond acceptors (Lipinski definition) is 5. The van der Waals surface area contributed by atoms with Gasteiger partial charge >= 0.3 is 0 Å². The van der Waals surface area contributed by atoms with Crippen LogP contribution < -0.4 is 9.47 Å². The van der Waals surface area contributed by atoms with Gasteiger partial charge in [0.25, 0.3) is 0 Å². The van der Waals surface area contributed by atoms with E-state index in [9.17, 15) is 0 Å². The molecule has 0 aromatic heterocycles. The van der Waals surface area contributed by atoms with E-state index in [2.05, 4.69) is 42.3 Å². The van der Waals surface area contributed by atoms with Crippen molar-refractivity contribution in [3.8, 4) is 11.5 Å². The van der Waals surface area contributed by atoms with Crippen LogP contribution in [-0.2, 0) is 9.47 Å². The first-order chi connectivity index (χ1) is 14.2. The summed E-state index contributed by atoms with van der Waals surface area (Å²) in [5.74, 6) is 1.51. The fourth-order valence-corrected chi connectivity index (χ4v) is 3.65. The number of benzene rings is 2. The number of rotatable bonds is 9. The van der Waals surface area contributed by atoms with Crippen molar-refractivity contribution in [3.63, 3.8) is 0 Å². The minimum Gasteiger partial charge on any atom is -0.468 e. The smallest absolute Gasteiger partial charge is 0.188 e. The predicted molar refractivity (Wildman–Crippen MR) is 115 cm³/mol. The molecule has 0 aliphatic carbocycles. The van der Waals surface area contributed by atoms with Crippen LogP contribution in [-0.4, -0.2) is 52.3 Å². The molecule has 0 N–H and O–H groups in total. The van der Waals surface area contributed by atoms with Crippen LogP contribution in [0.15, 0.2) is 54.6 Å². The van der Waals surface area contributed by atoms with Gasteiger partial charge in [-0.3, -0.25) is 4.90 Å². The Morgan fingerprint density at radius 3 is 2.48 bits per heavy atom. The number of methoxy groups -OCH3 is 2. The highest BCUT2D eigenvalue weighted by Crippen LogP contribution is 2.35. The Morgan fingerprint density at radius 2 is 1.76 bits per heavy atom. The Balaban J connectivity index is 2.07. The Labute approximate surface area is 173 Å². The van der Waals surface area contributed by atoms with Crippen LogP contribution >= 0.6 is 0 Å². The molecule has 1 aliphatic rings. The average molecular weight is 398 g/mol. The van der Waals surface area contributed by atoms with Crippen LogP contribution in [0, 0.1) is 0 Å². The first-order valence-electron chi connectivity index (χ1n) is 10.1. The zero-order valence-electron chi connectivity index (χ0n) is 17.6. The zero-order chi connectivity index (χ0) is 20.5. The summed E-state index contributed by atoms with van der Waals surface area (Å²) in [6.07, 6.45) is 6.02. The van der Waals surface area contributed by atoms with Gasteiger partial charge in [-0.25, -0.2) is 0 Å². The quantitative estimate of drug-likeness (QED) is 0.580. The van der Waals surface area contributed by atoms with Crippen LogP contribution in [0.25, 0.3) is 5.57 Å². The maximum atomic E-state index is 5.90. The lowest BCUT2D eigenvalue weighted by Crippen LogP contribution is -2.34. The second-order valence-corrected chi connectivity index (χ2v) is 7.25. The third-order valence-corrected chi connectivity index (χ3v) is 5.19. The lowest BCUT2D eigenvalue weighted by Gasteiger charge is -2.31. The largest absolute Gasteiger partial charge is 0.468 e. The van der Waals surface area contributed by atoms with E-state index >= 15 is 0 Å². The number of piperidine rings is 1. The maximum absolute atomic E-state index is 5.90. The highest BCUT2D eigenvalue weighted by atomic mass is 16.7. The lowest BCUT2D eigenvalue weighted by molar-refractivity contribution is 0.0482. The summed E-state index contributed by atoms with van der Waals surface area (Å²) in [6.45, 7) is 1.51. The molecule has 0 saturated carbocycles. The first-order valence-corrected chi connectivity index (χ1v) is 10.1. The predicted octanol–water partition coefficient (Wildman–Crippen LogP) is 4.57. The zero-order valence-corrected chi connectivity index (χ0v) is 17.6. The summed E-state index contributed by atoms with van der Waals surface area (Å²) >= 11 is 0. The van der Waals surface area contributed by atoms with Gasteiger partial charge in [-0.05, 0) is 55.8 Å². The number of likely N-dealkylation sites (N-methyl/N-ethyl adjacent to an activating group) is 1. The standard InChI is InChI=1S/C24H31NO4/c1-25-14-8-7-11-20(25)15-22(19-9-5-4-6-10-19)23-16-21(28-17-26-2)12-13-24(23)29-18-27-3/h4-6,9-10,12-13,15-16,20H,7-8,11,14,17-18H2,1-3H3/b22-15+. The van der Waals surface area contributed by atoms with E-state index in [1.807, 2.05) is 24.3 Å². The third kappa shape index (κ3) is 5.82. The lowest BCUT2D eigenvalue weighted by atomic mass is 9.92. The molecule has 1 saturated heterocycles. The molecule has 0 spiro atoms. The van der Waals surface area contributed by atoms with Gasteiger partial charge in [0.1, 0.15) is 11.5 Å². The van der Waals surface area contributed by atoms with Crippen molar-refractivity contribution < 1.29 is 18.9 Å². The molecule has 1 heterocycles. The Bertz CT molecular complexity index is 791. The summed E-state index contributed by atoms with van der Waals surface area (Å²) in [6, 6.07) is 16.7. The Kier molecular flexibility index (Phi) is 8.11. The fraction of sp³-hybridized carbons (Fsp3) is 0.417. The highest BCUT2D eigenvalue weighted by Gasteiger charge is 2.20. The molecular weight excluding hydrogens is 366 g/mol. The molecule has 3 rings (SSSR count). The van der Waals surface area contributed by atoms with E-state index in [0.29, 0.717) is 6.04 Å². The summed E-state index contributed by atoms with van der Waals surface area (Å²) in [5.41, 5.74) is 3.27. The van der Waals surface area contributed by atoms with Gasteiger partial charge in [0.05, 0.1) is 0 Å². The van der Waals surface area contributed by atoms with E-state index in [-0.39, 0.29) is 13.6 Å². The molecule has 1 atom stereocenters. The van der Waals surface area contributed by atoms with E-state index in [1.54, 1.807) is 14.2 Å². The first kappa shape index (κ1) is 21.4. The van der Waals surface area contributed by atoms with Gasteiger partial charge in [-0.1, -0.05) is 42.8 Å². The molecule has 5 heteroatoms. The highest BCUT2D eigenvalue weighted by molar-refractivity contribution is 5.83. The monoisotopic (exact) mass is 397 g/mol. The molecule has 2 aromatic carbocycles. The van der Waals surface area contributed by atoms with Gasteiger partial charge < -0.3 is 18.9 Å². The summed E-state index contributed by atoms with van der Waals surface area (Å²) in [5, 5.41) is 0. The molecule has 156 valence electrons. The van der Waals surface area contributed by atoms with Gasteiger partial charge in [-0.2, -0.15) is 0 Å². The van der Waals surface area contributed by atoms with Gasteiger partial charge in [-0.15, -0.1) is 0 Å². The van der Waals surface area contributed by atoms with Crippen LogP contribution in [0.1, 0.15) is 30.4 Å².